The van der Waals surface area contributed by atoms with E-state index in [-0.39, 0.29) is 5.54 Å². The molecule has 0 aromatic carbocycles. The molecule has 1 N–H and O–H groups in total. The number of hydrogen-bond acceptors (Lipinski definition) is 3. The monoisotopic (exact) mass is 209 g/mol. The minimum atomic E-state index is -0.380. The largest absolute Gasteiger partial charge is 0.299 e. The molecule has 0 amide bonds. The maximum absolute atomic E-state index is 9.22. The Kier molecular flexibility index (Phi) is 4.56. The van der Waals surface area contributed by atoms with Crippen LogP contribution in [0.3, 0.4) is 0 Å². The molecule has 15 heavy (non-hydrogen) atoms. The van der Waals surface area contributed by atoms with Gasteiger partial charge in [-0.05, 0) is 39.3 Å². The number of nitrogens with one attached hydrogen (secondary N) is 1. The van der Waals surface area contributed by atoms with E-state index in [1.807, 2.05) is 6.92 Å². The van der Waals surface area contributed by atoms with Gasteiger partial charge in [0.2, 0.25) is 0 Å². The van der Waals surface area contributed by atoms with Crippen LogP contribution in [0.25, 0.3) is 0 Å². The fourth-order valence-corrected chi connectivity index (χ4v) is 1.88. The second-order valence-electron chi connectivity index (χ2n) is 4.66. The number of nitrogens with zero attached hydrogens (tertiary/aromatic N) is 2. The lowest BCUT2D eigenvalue weighted by Gasteiger charge is -2.30. The second kappa shape index (κ2) is 5.48. The average Bonchev–Trinajstić information content (AvgIpc) is 3.07. The van der Waals surface area contributed by atoms with Crippen LogP contribution in [0.5, 0.6) is 0 Å². The van der Waals surface area contributed by atoms with Crippen molar-refractivity contribution in [3.8, 4) is 6.07 Å². The van der Waals surface area contributed by atoms with Crippen molar-refractivity contribution in [2.24, 2.45) is 0 Å². The van der Waals surface area contributed by atoms with Crippen LogP contribution in [0.2, 0.25) is 0 Å². The van der Waals surface area contributed by atoms with Crippen molar-refractivity contribution in [2.45, 2.75) is 51.6 Å². The summed E-state index contributed by atoms with van der Waals surface area (Å²) in [6.07, 6.45) is 3.69. The number of nitriles is 1. The summed E-state index contributed by atoms with van der Waals surface area (Å²) >= 11 is 0. The van der Waals surface area contributed by atoms with E-state index in [2.05, 4.69) is 30.1 Å². The summed E-state index contributed by atoms with van der Waals surface area (Å²) in [5.41, 5.74) is -0.380. The molecule has 0 bridgehead atoms. The highest BCUT2D eigenvalue weighted by Gasteiger charge is 2.33. The van der Waals surface area contributed by atoms with Gasteiger partial charge in [0.1, 0.15) is 5.54 Å². The van der Waals surface area contributed by atoms with Crippen LogP contribution < -0.4 is 5.32 Å². The fraction of sp³-hybridized carbons (Fsp3) is 0.917. The van der Waals surface area contributed by atoms with Crippen molar-refractivity contribution >= 4 is 0 Å². The molecule has 0 spiro atoms. The van der Waals surface area contributed by atoms with Gasteiger partial charge in [0.15, 0.2) is 0 Å². The van der Waals surface area contributed by atoms with E-state index in [1.165, 1.54) is 12.8 Å². The van der Waals surface area contributed by atoms with Gasteiger partial charge in [-0.15, -0.1) is 0 Å². The molecule has 0 aliphatic heterocycles. The first-order chi connectivity index (χ1) is 7.15. The molecule has 3 nitrogen and oxygen atoms in total. The maximum Gasteiger partial charge on any atom is 0.116 e. The lowest BCUT2D eigenvalue weighted by molar-refractivity contribution is 0.220. The molecule has 3 heteroatoms. The third-order valence-corrected chi connectivity index (χ3v) is 3.00. The van der Waals surface area contributed by atoms with Crippen molar-refractivity contribution in [1.29, 1.82) is 5.26 Å². The normalized spacial score (nSPS) is 19.9. The van der Waals surface area contributed by atoms with E-state index in [0.717, 1.165) is 32.1 Å². The standard InChI is InChI=1S/C12H23N3/c1-4-8-14-12(3,9-13)10-15(5-2)11-6-7-11/h11,14H,4-8,10H2,1-3H3. The van der Waals surface area contributed by atoms with Gasteiger partial charge in [0.25, 0.3) is 0 Å². The minimum Gasteiger partial charge on any atom is -0.299 e. The Balaban J connectivity index is 2.46. The van der Waals surface area contributed by atoms with Gasteiger partial charge in [-0.1, -0.05) is 13.8 Å². The first-order valence-corrected chi connectivity index (χ1v) is 6.05. The lowest BCUT2D eigenvalue weighted by atomic mass is 10.0. The lowest BCUT2D eigenvalue weighted by Crippen LogP contribution is -2.51. The van der Waals surface area contributed by atoms with Crippen LogP contribution in [0, 0.1) is 11.3 Å². The van der Waals surface area contributed by atoms with Crippen LogP contribution >= 0.6 is 0 Å². The maximum atomic E-state index is 9.22. The van der Waals surface area contributed by atoms with Crippen molar-refractivity contribution in [3.05, 3.63) is 0 Å². The molecule has 1 aliphatic rings. The zero-order valence-corrected chi connectivity index (χ0v) is 10.2. The molecule has 0 saturated heterocycles. The molecule has 0 heterocycles. The highest BCUT2D eigenvalue weighted by Crippen LogP contribution is 2.27. The molecule has 0 aromatic rings. The van der Waals surface area contributed by atoms with Crippen LogP contribution in [0.15, 0.2) is 0 Å². The zero-order chi connectivity index (χ0) is 11.3. The summed E-state index contributed by atoms with van der Waals surface area (Å²) in [5.74, 6) is 0. The highest BCUT2D eigenvalue weighted by molar-refractivity contribution is 5.07. The Morgan fingerprint density at radius 3 is 2.53 bits per heavy atom. The fourth-order valence-electron chi connectivity index (χ4n) is 1.88. The highest BCUT2D eigenvalue weighted by atomic mass is 15.2. The number of rotatable bonds is 7. The zero-order valence-electron chi connectivity index (χ0n) is 10.2. The Morgan fingerprint density at radius 1 is 1.47 bits per heavy atom. The number of hydrogen-bond donors (Lipinski definition) is 1. The van der Waals surface area contributed by atoms with Crippen molar-refractivity contribution in [3.63, 3.8) is 0 Å². The van der Waals surface area contributed by atoms with E-state index in [0.29, 0.717) is 0 Å². The quantitative estimate of drug-likeness (QED) is 0.694. The van der Waals surface area contributed by atoms with Crippen molar-refractivity contribution < 1.29 is 0 Å². The summed E-state index contributed by atoms with van der Waals surface area (Å²) < 4.78 is 0. The first-order valence-electron chi connectivity index (χ1n) is 6.05. The van der Waals surface area contributed by atoms with E-state index < -0.39 is 0 Å². The van der Waals surface area contributed by atoms with Crippen LogP contribution in [-0.2, 0) is 0 Å². The van der Waals surface area contributed by atoms with Gasteiger partial charge in [0.05, 0.1) is 6.07 Å². The molecule has 0 radical (unpaired) electrons. The Labute approximate surface area is 93.5 Å². The molecule has 1 saturated carbocycles. The van der Waals surface area contributed by atoms with Gasteiger partial charge >= 0.3 is 0 Å². The van der Waals surface area contributed by atoms with E-state index in [9.17, 15) is 5.26 Å². The van der Waals surface area contributed by atoms with Crippen molar-refractivity contribution in [1.82, 2.24) is 10.2 Å². The summed E-state index contributed by atoms with van der Waals surface area (Å²) in [4.78, 5) is 2.42. The summed E-state index contributed by atoms with van der Waals surface area (Å²) in [7, 11) is 0. The van der Waals surface area contributed by atoms with Crippen LogP contribution in [0.4, 0.5) is 0 Å². The second-order valence-corrected chi connectivity index (χ2v) is 4.66. The summed E-state index contributed by atoms with van der Waals surface area (Å²) in [6, 6.07) is 3.15. The van der Waals surface area contributed by atoms with Gasteiger partial charge < -0.3 is 0 Å². The third kappa shape index (κ3) is 3.81. The Hall–Kier alpha value is -0.590. The predicted molar refractivity (Wildman–Crippen MR) is 62.6 cm³/mol. The van der Waals surface area contributed by atoms with E-state index in [1.54, 1.807) is 0 Å². The SMILES string of the molecule is CCCNC(C)(C#N)CN(CC)C1CC1. The average molecular weight is 209 g/mol. The molecule has 86 valence electrons. The van der Waals surface area contributed by atoms with Gasteiger partial charge in [-0.3, -0.25) is 10.2 Å². The smallest absolute Gasteiger partial charge is 0.116 e. The molecule has 1 atom stereocenters. The van der Waals surface area contributed by atoms with E-state index in [4.69, 9.17) is 0 Å². The summed E-state index contributed by atoms with van der Waals surface area (Å²) in [6.45, 7) is 9.14. The molecule has 1 fully saturated rings. The van der Waals surface area contributed by atoms with Crippen LogP contribution in [-0.4, -0.2) is 36.1 Å². The van der Waals surface area contributed by atoms with Crippen molar-refractivity contribution in [2.75, 3.05) is 19.6 Å². The predicted octanol–water partition coefficient (Wildman–Crippen LogP) is 1.75. The summed E-state index contributed by atoms with van der Waals surface area (Å²) in [5, 5.41) is 12.6. The topological polar surface area (TPSA) is 39.1 Å². The third-order valence-electron chi connectivity index (χ3n) is 3.00. The molecule has 0 aromatic heterocycles. The molecular formula is C12H23N3. The van der Waals surface area contributed by atoms with E-state index >= 15 is 0 Å². The van der Waals surface area contributed by atoms with Gasteiger partial charge in [-0.25, -0.2) is 0 Å². The molecule has 1 aliphatic carbocycles. The number of likely N-dealkylation sites (N-methyl/N-ethyl adjacent to an activating group) is 1. The van der Waals surface area contributed by atoms with Gasteiger partial charge in [-0.2, -0.15) is 5.26 Å². The molecule has 1 unspecified atom stereocenters. The Morgan fingerprint density at radius 2 is 2.13 bits per heavy atom. The molecule has 1 rings (SSSR count). The molecular weight excluding hydrogens is 186 g/mol. The first kappa shape index (κ1) is 12.5. The minimum absolute atomic E-state index is 0.380. The van der Waals surface area contributed by atoms with Gasteiger partial charge in [0, 0.05) is 12.6 Å². The Bertz CT molecular complexity index is 230. The van der Waals surface area contributed by atoms with Crippen LogP contribution in [0.1, 0.15) is 40.0 Å².